The highest BCUT2D eigenvalue weighted by atomic mass is 15.2. The summed E-state index contributed by atoms with van der Waals surface area (Å²) < 4.78 is 0. The Hall–Kier alpha value is -0.760. The van der Waals surface area contributed by atoms with Crippen LogP contribution >= 0.6 is 0 Å². The summed E-state index contributed by atoms with van der Waals surface area (Å²) in [5, 5.41) is 0. The zero-order valence-corrected chi connectivity index (χ0v) is 9.38. The van der Waals surface area contributed by atoms with Crippen molar-refractivity contribution in [3.8, 4) is 0 Å². The number of aromatic nitrogens is 1. The van der Waals surface area contributed by atoms with Crippen molar-refractivity contribution in [2.75, 3.05) is 6.54 Å². The molecule has 2 rings (SSSR count). The Kier molecular flexibility index (Phi) is 2.64. The molecule has 0 spiro atoms. The lowest BCUT2D eigenvalue weighted by Gasteiger charge is -2.39. The lowest BCUT2D eigenvalue weighted by Crippen LogP contribution is -2.41. The van der Waals surface area contributed by atoms with Crippen molar-refractivity contribution in [2.45, 2.75) is 45.7 Å². The lowest BCUT2D eigenvalue weighted by molar-refractivity contribution is 0.131. The van der Waals surface area contributed by atoms with Crippen LogP contribution in [-0.2, 0) is 6.42 Å². The summed E-state index contributed by atoms with van der Waals surface area (Å²) in [6.45, 7) is 8.03. The molecule has 2 nitrogen and oxygen atoms in total. The number of hydrogen-bond donors (Lipinski definition) is 1. The third-order valence-corrected chi connectivity index (χ3v) is 3.45. The van der Waals surface area contributed by atoms with Gasteiger partial charge in [-0.25, -0.2) is 0 Å². The van der Waals surface area contributed by atoms with Crippen molar-refractivity contribution in [2.24, 2.45) is 0 Å². The van der Waals surface area contributed by atoms with E-state index < -0.39 is 0 Å². The number of fused-ring (bicyclic) bond motifs is 1. The molecule has 0 saturated carbocycles. The van der Waals surface area contributed by atoms with Crippen LogP contribution in [0.2, 0.25) is 0 Å². The van der Waals surface area contributed by atoms with Gasteiger partial charge in [-0.2, -0.15) is 0 Å². The van der Waals surface area contributed by atoms with Crippen LogP contribution in [0.15, 0.2) is 12.3 Å². The molecule has 1 aromatic rings. The molecule has 0 aromatic carbocycles. The SMILES string of the molecule is CC[C@H]1c2cc[nH]c2C[C@@H](C)N1CC. The molecule has 1 aliphatic heterocycles. The molecule has 1 aromatic heterocycles. The molecular formula is C12H20N2. The highest BCUT2D eigenvalue weighted by Gasteiger charge is 2.30. The summed E-state index contributed by atoms with van der Waals surface area (Å²) in [5.41, 5.74) is 2.97. The molecule has 0 unspecified atom stereocenters. The number of nitrogens with zero attached hydrogens (tertiary/aromatic N) is 1. The van der Waals surface area contributed by atoms with Gasteiger partial charge in [0.05, 0.1) is 0 Å². The van der Waals surface area contributed by atoms with Gasteiger partial charge in [-0.15, -0.1) is 0 Å². The van der Waals surface area contributed by atoms with E-state index in [1.807, 2.05) is 0 Å². The minimum absolute atomic E-state index is 0.630. The van der Waals surface area contributed by atoms with Gasteiger partial charge in [0.25, 0.3) is 0 Å². The van der Waals surface area contributed by atoms with Gasteiger partial charge in [-0.05, 0) is 31.5 Å². The predicted molar refractivity (Wildman–Crippen MR) is 59.4 cm³/mol. The molecule has 2 heterocycles. The maximum absolute atomic E-state index is 3.37. The van der Waals surface area contributed by atoms with Crippen molar-refractivity contribution in [1.82, 2.24) is 9.88 Å². The van der Waals surface area contributed by atoms with E-state index >= 15 is 0 Å². The maximum Gasteiger partial charge on any atom is 0.0366 e. The van der Waals surface area contributed by atoms with Gasteiger partial charge in [0.15, 0.2) is 0 Å². The zero-order chi connectivity index (χ0) is 10.1. The Labute approximate surface area is 86.3 Å². The Morgan fingerprint density at radius 1 is 1.50 bits per heavy atom. The van der Waals surface area contributed by atoms with Gasteiger partial charge in [0.1, 0.15) is 0 Å². The molecule has 0 fully saturated rings. The lowest BCUT2D eigenvalue weighted by atomic mass is 9.92. The number of likely N-dealkylation sites (N-methyl/N-ethyl adjacent to an activating group) is 1. The van der Waals surface area contributed by atoms with Crippen LogP contribution in [0.5, 0.6) is 0 Å². The van der Waals surface area contributed by atoms with Gasteiger partial charge in [-0.3, -0.25) is 4.90 Å². The fraction of sp³-hybridized carbons (Fsp3) is 0.667. The highest BCUT2D eigenvalue weighted by molar-refractivity contribution is 5.28. The van der Waals surface area contributed by atoms with E-state index in [1.165, 1.54) is 24.1 Å². The average molecular weight is 192 g/mol. The maximum atomic E-state index is 3.37. The van der Waals surface area contributed by atoms with Crippen molar-refractivity contribution < 1.29 is 0 Å². The van der Waals surface area contributed by atoms with Crippen LogP contribution in [0.1, 0.15) is 44.5 Å². The summed E-state index contributed by atoms with van der Waals surface area (Å²) in [4.78, 5) is 5.98. The second-order valence-corrected chi connectivity index (χ2v) is 4.22. The number of nitrogens with one attached hydrogen (secondary N) is 1. The number of H-pyrrole nitrogens is 1. The molecule has 78 valence electrons. The molecule has 0 saturated heterocycles. The topological polar surface area (TPSA) is 19.0 Å². The molecule has 2 heteroatoms. The normalized spacial score (nSPS) is 27.6. The van der Waals surface area contributed by atoms with Crippen LogP contribution in [0.25, 0.3) is 0 Å². The minimum Gasteiger partial charge on any atom is -0.365 e. The van der Waals surface area contributed by atoms with Crippen molar-refractivity contribution in [1.29, 1.82) is 0 Å². The molecular weight excluding hydrogens is 172 g/mol. The number of hydrogen-bond acceptors (Lipinski definition) is 1. The number of aromatic amines is 1. The standard InChI is InChI=1S/C12H20N2/c1-4-12-10-6-7-13-11(10)8-9(3)14(12)5-2/h6-7,9,12-13H,4-5,8H2,1-3H3/t9-,12+/m1/s1. The van der Waals surface area contributed by atoms with Crippen LogP contribution in [0, 0.1) is 0 Å². The summed E-state index contributed by atoms with van der Waals surface area (Å²) >= 11 is 0. The average Bonchev–Trinajstić information content (AvgIpc) is 2.62. The van der Waals surface area contributed by atoms with E-state index in [1.54, 1.807) is 0 Å². The van der Waals surface area contributed by atoms with Gasteiger partial charge in [-0.1, -0.05) is 13.8 Å². The number of rotatable bonds is 2. The predicted octanol–water partition coefficient (Wildman–Crippen LogP) is 2.73. The second kappa shape index (κ2) is 3.77. The summed E-state index contributed by atoms with van der Waals surface area (Å²) in [7, 11) is 0. The molecule has 1 aliphatic rings. The monoisotopic (exact) mass is 192 g/mol. The Morgan fingerprint density at radius 2 is 2.29 bits per heavy atom. The van der Waals surface area contributed by atoms with E-state index in [2.05, 4.69) is 42.9 Å². The Bertz CT molecular complexity index is 303. The van der Waals surface area contributed by atoms with E-state index in [0.717, 1.165) is 6.54 Å². The molecule has 0 bridgehead atoms. The third-order valence-electron chi connectivity index (χ3n) is 3.45. The van der Waals surface area contributed by atoms with E-state index in [4.69, 9.17) is 0 Å². The van der Waals surface area contributed by atoms with E-state index in [0.29, 0.717) is 12.1 Å². The third kappa shape index (κ3) is 1.38. The van der Waals surface area contributed by atoms with Crippen molar-refractivity contribution in [3.63, 3.8) is 0 Å². The molecule has 1 N–H and O–H groups in total. The van der Waals surface area contributed by atoms with Gasteiger partial charge >= 0.3 is 0 Å². The zero-order valence-electron chi connectivity index (χ0n) is 9.38. The van der Waals surface area contributed by atoms with Gasteiger partial charge in [0, 0.05) is 30.4 Å². The van der Waals surface area contributed by atoms with Crippen molar-refractivity contribution >= 4 is 0 Å². The smallest absolute Gasteiger partial charge is 0.0366 e. The van der Waals surface area contributed by atoms with Gasteiger partial charge < -0.3 is 4.98 Å². The second-order valence-electron chi connectivity index (χ2n) is 4.22. The summed E-state index contributed by atoms with van der Waals surface area (Å²) in [6.07, 6.45) is 4.47. The first-order valence-corrected chi connectivity index (χ1v) is 5.69. The van der Waals surface area contributed by atoms with E-state index in [-0.39, 0.29) is 0 Å². The first-order valence-electron chi connectivity index (χ1n) is 5.69. The van der Waals surface area contributed by atoms with Crippen LogP contribution in [-0.4, -0.2) is 22.5 Å². The molecule has 2 atom stereocenters. The first-order chi connectivity index (χ1) is 6.77. The van der Waals surface area contributed by atoms with Crippen LogP contribution in [0.4, 0.5) is 0 Å². The van der Waals surface area contributed by atoms with Gasteiger partial charge in [0.2, 0.25) is 0 Å². The minimum atomic E-state index is 0.630. The molecule has 0 aliphatic carbocycles. The Morgan fingerprint density at radius 3 is 2.93 bits per heavy atom. The first kappa shape index (κ1) is 9.78. The molecule has 14 heavy (non-hydrogen) atoms. The van der Waals surface area contributed by atoms with E-state index in [9.17, 15) is 0 Å². The highest BCUT2D eigenvalue weighted by Crippen LogP contribution is 2.34. The fourth-order valence-electron chi connectivity index (χ4n) is 2.79. The van der Waals surface area contributed by atoms with Crippen LogP contribution in [0.3, 0.4) is 0 Å². The Balaban J connectivity index is 2.35. The summed E-state index contributed by atoms with van der Waals surface area (Å²) in [6, 6.07) is 3.55. The molecule has 0 radical (unpaired) electrons. The quantitative estimate of drug-likeness (QED) is 0.763. The molecule has 0 amide bonds. The van der Waals surface area contributed by atoms with Crippen LogP contribution < -0.4 is 0 Å². The fourth-order valence-corrected chi connectivity index (χ4v) is 2.79. The largest absolute Gasteiger partial charge is 0.365 e. The summed E-state index contributed by atoms with van der Waals surface area (Å²) in [5.74, 6) is 0. The van der Waals surface area contributed by atoms with Crippen molar-refractivity contribution in [3.05, 3.63) is 23.5 Å².